The lowest BCUT2D eigenvalue weighted by Gasteiger charge is -2.31. The molecule has 2 unspecified atom stereocenters. The van der Waals surface area contributed by atoms with Gasteiger partial charge in [-0.3, -0.25) is 0 Å². The number of ether oxygens (including phenoxy) is 1. The van der Waals surface area contributed by atoms with Gasteiger partial charge in [-0.05, 0) is 25.5 Å². The van der Waals surface area contributed by atoms with Gasteiger partial charge in [-0.2, -0.15) is 0 Å². The molecule has 0 aliphatic rings. The molecule has 18 heavy (non-hydrogen) atoms. The SMILES string of the molecule is CCNC(c1ccccc1F)C(OCC)C(C)C. The van der Waals surface area contributed by atoms with Crippen LogP contribution in [0.5, 0.6) is 0 Å². The summed E-state index contributed by atoms with van der Waals surface area (Å²) >= 11 is 0. The summed E-state index contributed by atoms with van der Waals surface area (Å²) in [5, 5.41) is 3.34. The maximum absolute atomic E-state index is 13.9. The Morgan fingerprint density at radius 2 is 1.89 bits per heavy atom. The van der Waals surface area contributed by atoms with Crippen LogP contribution in [0, 0.1) is 11.7 Å². The summed E-state index contributed by atoms with van der Waals surface area (Å²) in [5.74, 6) is 0.155. The standard InChI is InChI=1S/C15H24FNO/c1-5-17-14(15(11(3)4)18-6-2)12-9-7-8-10-13(12)16/h7-11,14-15,17H,5-6H2,1-4H3. The van der Waals surface area contributed by atoms with Gasteiger partial charge in [0.1, 0.15) is 5.82 Å². The third-order valence-corrected chi connectivity index (χ3v) is 3.01. The fraction of sp³-hybridized carbons (Fsp3) is 0.600. The van der Waals surface area contributed by atoms with E-state index in [-0.39, 0.29) is 18.0 Å². The van der Waals surface area contributed by atoms with Gasteiger partial charge in [0.15, 0.2) is 0 Å². The van der Waals surface area contributed by atoms with Crippen molar-refractivity contribution in [2.75, 3.05) is 13.2 Å². The van der Waals surface area contributed by atoms with E-state index in [1.165, 1.54) is 6.07 Å². The Morgan fingerprint density at radius 3 is 2.39 bits per heavy atom. The number of nitrogens with one attached hydrogen (secondary N) is 1. The monoisotopic (exact) mass is 253 g/mol. The van der Waals surface area contributed by atoms with E-state index >= 15 is 0 Å². The maximum Gasteiger partial charge on any atom is 0.128 e. The van der Waals surface area contributed by atoms with Gasteiger partial charge in [-0.15, -0.1) is 0 Å². The molecule has 1 rings (SSSR count). The second kappa shape index (κ2) is 7.49. The molecule has 2 nitrogen and oxygen atoms in total. The minimum atomic E-state index is -0.172. The summed E-state index contributed by atoms with van der Waals surface area (Å²) in [6, 6.07) is 6.81. The Hall–Kier alpha value is -0.930. The van der Waals surface area contributed by atoms with Crippen LogP contribution in [0.4, 0.5) is 4.39 Å². The minimum absolute atomic E-state index is 0.0214. The van der Waals surface area contributed by atoms with Crippen molar-refractivity contribution in [1.29, 1.82) is 0 Å². The Morgan fingerprint density at radius 1 is 1.22 bits per heavy atom. The molecule has 2 atom stereocenters. The molecule has 1 aromatic carbocycles. The van der Waals surface area contributed by atoms with Crippen molar-refractivity contribution in [3.8, 4) is 0 Å². The van der Waals surface area contributed by atoms with Crippen LogP contribution in [0.2, 0.25) is 0 Å². The summed E-state index contributed by atoms with van der Waals surface area (Å²) in [4.78, 5) is 0. The van der Waals surface area contributed by atoms with Crippen LogP contribution in [-0.2, 0) is 4.74 Å². The predicted octanol–water partition coefficient (Wildman–Crippen LogP) is 3.54. The highest BCUT2D eigenvalue weighted by molar-refractivity contribution is 5.22. The third kappa shape index (κ3) is 3.79. The predicted molar refractivity (Wildman–Crippen MR) is 73.1 cm³/mol. The first-order chi connectivity index (χ1) is 8.61. The molecule has 0 aliphatic heterocycles. The Balaban J connectivity index is 3.03. The quantitative estimate of drug-likeness (QED) is 0.802. The average Bonchev–Trinajstić information content (AvgIpc) is 2.34. The minimum Gasteiger partial charge on any atom is -0.376 e. The van der Waals surface area contributed by atoms with Crippen LogP contribution in [-0.4, -0.2) is 19.3 Å². The topological polar surface area (TPSA) is 21.3 Å². The van der Waals surface area contributed by atoms with E-state index in [4.69, 9.17) is 4.74 Å². The molecule has 1 aromatic rings. The summed E-state index contributed by atoms with van der Waals surface area (Å²) in [6.07, 6.45) is -0.0214. The lowest BCUT2D eigenvalue weighted by atomic mass is 9.93. The zero-order valence-electron chi connectivity index (χ0n) is 11.7. The van der Waals surface area contributed by atoms with E-state index in [9.17, 15) is 4.39 Å². The van der Waals surface area contributed by atoms with Gasteiger partial charge in [0.2, 0.25) is 0 Å². The molecule has 0 fully saturated rings. The first kappa shape index (κ1) is 15.1. The molecule has 0 radical (unpaired) electrons. The smallest absolute Gasteiger partial charge is 0.128 e. The molecule has 0 aromatic heterocycles. The molecule has 0 saturated carbocycles. The van der Waals surface area contributed by atoms with Crippen LogP contribution < -0.4 is 5.32 Å². The Bertz CT molecular complexity index is 354. The average molecular weight is 253 g/mol. The van der Waals surface area contributed by atoms with E-state index in [0.717, 1.165) is 6.54 Å². The third-order valence-electron chi connectivity index (χ3n) is 3.01. The van der Waals surface area contributed by atoms with E-state index in [1.54, 1.807) is 6.07 Å². The zero-order valence-corrected chi connectivity index (χ0v) is 11.7. The molecule has 0 saturated heterocycles. The van der Waals surface area contributed by atoms with E-state index in [0.29, 0.717) is 18.1 Å². The summed E-state index contributed by atoms with van der Waals surface area (Å²) in [6.45, 7) is 9.63. The lowest BCUT2D eigenvalue weighted by Crippen LogP contribution is -2.37. The van der Waals surface area contributed by atoms with Crippen molar-refractivity contribution in [1.82, 2.24) is 5.32 Å². The molecule has 0 spiro atoms. The molecule has 0 bridgehead atoms. The number of hydrogen-bond acceptors (Lipinski definition) is 2. The molecule has 0 aliphatic carbocycles. The van der Waals surface area contributed by atoms with Crippen molar-refractivity contribution in [2.24, 2.45) is 5.92 Å². The second-order valence-corrected chi connectivity index (χ2v) is 4.72. The second-order valence-electron chi connectivity index (χ2n) is 4.72. The molecule has 0 amide bonds. The van der Waals surface area contributed by atoms with Gasteiger partial charge in [0, 0.05) is 12.2 Å². The van der Waals surface area contributed by atoms with Crippen LogP contribution in [0.15, 0.2) is 24.3 Å². The molecule has 0 heterocycles. The normalized spacial score (nSPS) is 14.8. The van der Waals surface area contributed by atoms with Crippen molar-refractivity contribution in [2.45, 2.75) is 39.8 Å². The first-order valence-electron chi connectivity index (χ1n) is 6.71. The number of benzene rings is 1. The number of rotatable bonds is 7. The summed E-state index contributed by atoms with van der Waals surface area (Å²) in [7, 11) is 0. The van der Waals surface area contributed by atoms with E-state index < -0.39 is 0 Å². The lowest BCUT2D eigenvalue weighted by molar-refractivity contribution is 0.00237. The van der Waals surface area contributed by atoms with E-state index in [2.05, 4.69) is 19.2 Å². The molecular formula is C15H24FNO. The Kier molecular flexibility index (Phi) is 6.30. The fourth-order valence-corrected chi connectivity index (χ4v) is 2.22. The van der Waals surface area contributed by atoms with Gasteiger partial charge in [-0.25, -0.2) is 4.39 Å². The summed E-state index contributed by atoms with van der Waals surface area (Å²) < 4.78 is 19.7. The van der Waals surface area contributed by atoms with Gasteiger partial charge in [-0.1, -0.05) is 39.0 Å². The van der Waals surface area contributed by atoms with Crippen molar-refractivity contribution in [3.05, 3.63) is 35.6 Å². The molecule has 102 valence electrons. The van der Waals surface area contributed by atoms with Gasteiger partial charge in [0.05, 0.1) is 12.1 Å². The van der Waals surface area contributed by atoms with Crippen LogP contribution in [0.3, 0.4) is 0 Å². The molecule has 3 heteroatoms. The molecular weight excluding hydrogens is 229 g/mol. The highest BCUT2D eigenvalue weighted by Gasteiger charge is 2.27. The van der Waals surface area contributed by atoms with E-state index in [1.807, 2.05) is 26.0 Å². The van der Waals surface area contributed by atoms with Gasteiger partial charge >= 0.3 is 0 Å². The fourth-order valence-electron chi connectivity index (χ4n) is 2.22. The highest BCUT2D eigenvalue weighted by atomic mass is 19.1. The highest BCUT2D eigenvalue weighted by Crippen LogP contribution is 2.26. The van der Waals surface area contributed by atoms with Crippen molar-refractivity contribution >= 4 is 0 Å². The maximum atomic E-state index is 13.9. The Labute approximate surface area is 110 Å². The number of hydrogen-bond donors (Lipinski definition) is 1. The first-order valence-corrected chi connectivity index (χ1v) is 6.71. The zero-order chi connectivity index (χ0) is 13.5. The summed E-state index contributed by atoms with van der Waals surface area (Å²) in [5.41, 5.74) is 0.687. The van der Waals surface area contributed by atoms with Crippen LogP contribution in [0.1, 0.15) is 39.3 Å². The largest absolute Gasteiger partial charge is 0.376 e. The number of halogens is 1. The number of likely N-dealkylation sites (N-methyl/N-ethyl adjacent to an activating group) is 1. The molecule has 1 N–H and O–H groups in total. The van der Waals surface area contributed by atoms with Crippen LogP contribution in [0.25, 0.3) is 0 Å². The van der Waals surface area contributed by atoms with Crippen molar-refractivity contribution in [3.63, 3.8) is 0 Å². The van der Waals surface area contributed by atoms with Gasteiger partial charge in [0.25, 0.3) is 0 Å². The van der Waals surface area contributed by atoms with Gasteiger partial charge < -0.3 is 10.1 Å². The van der Waals surface area contributed by atoms with Crippen molar-refractivity contribution < 1.29 is 9.13 Å². The van der Waals surface area contributed by atoms with Crippen LogP contribution >= 0.6 is 0 Å².